The van der Waals surface area contributed by atoms with Gasteiger partial charge in [-0.3, -0.25) is 9.36 Å². The van der Waals surface area contributed by atoms with Crippen LogP contribution in [-0.4, -0.2) is 40.7 Å². The number of morpholine rings is 1. The first kappa shape index (κ1) is 10.9. The lowest BCUT2D eigenvalue weighted by Gasteiger charge is -2.27. The summed E-state index contributed by atoms with van der Waals surface area (Å²) in [6.45, 7) is 2.40. The molecule has 0 bridgehead atoms. The number of aryl methyl sites for hydroxylation is 1. The van der Waals surface area contributed by atoms with Gasteiger partial charge in [-0.05, 0) is 0 Å². The fourth-order valence-electron chi connectivity index (χ4n) is 1.66. The highest BCUT2D eigenvalue weighted by molar-refractivity contribution is 5.34. The normalized spacial score (nSPS) is 16.5. The first-order valence-corrected chi connectivity index (χ1v) is 5.08. The molecule has 0 N–H and O–H groups in total. The van der Waals surface area contributed by atoms with E-state index in [2.05, 4.69) is 5.10 Å². The lowest BCUT2D eigenvalue weighted by atomic mass is 10.4. The summed E-state index contributed by atoms with van der Waals surface area (Å²) in [5.74, 6) is 0.313. The second-order valence-electron chi connectivity index (χ2n) is 3.69. The molecule has 0 saturated carbocycles. The molecule has 0 unspecified atom stereocenters. The van der Waals surface area contributed by atoms with Gasteiger partial charge in [-0.15, -0.1) is 5.10 Å². The van der Waals surface area contributed by atoms with Gasteiger partial charge in [0.1, 0.15) is 0 Å². The maximum Gasteiger partial charge on any atom is 0.346 e. The number of nitrogens with zero attached hydrogens (tertiary/aromatic N) is 4. The van der Waals surface area contributed by atoms with Crippen LogP contribution in [0.25, 0.3) is 0 Å². The van der Waals surface area contributed by atoms with Crippen molar-refractivity contribution in [1.82, 2.24) is 14.3 Å². The Kier molecular flexibility index (Phi) is 2.78. The van der Waals surface area contributed by atoms with Crippen LogP contribution in [0, 0.1) is 0 Å². The van der Waals surface area contributed by atoms with Crippen LogP contribution < -0.4 is 16.1 Å². The van der Waals surface area contributed by atoms with Crippen molar-refractivity contribution in [3.8, 4) is 0 Å². The molecular weight excluding hydrogens is 212 g/mol. The second-order valence-corrected chi connectivity index (χ2v) is 3.69. The van der Waals surface area contributed by atoms with Gasteiger partial charge in [-0.25, -0.2) is 9.48 Å². The van der Waals surface area contributed by atoms with Crippen molar-refractivity contribution in [3.63, 3.8) is 0 Å². The Hall–Kier alpha value is -1.63. The van der Waals surface area contributed by atoms with Crippen molar-refractivity contribution in [1.29, 1.82) is 0 Å². The smallest absolute Gasteiger partial charge is 0.346 e. The predicted molar refractivity (Wildman–Crippen MR) is 57.8 cm³/mol. The largest absolute Gasteiger partial charge is 0.378 e. The van der Waals surface area contributed by atoms with Gasteiger partial charge in [-0.1, -0.05) is 0 Å². The summed E-state index contributed by atoms with van der Waals surface area (Å²) in [4.78, 5) is 25.1. The summed E-state index contributed by atoms with van der Waals surface area (Å²) in [6, 6.07) is 0. The first-order valence-electron chi connectivity index (χ1n) is 5.08. The SMILES string of the molecule is Cn1nc(N2CCOCC2)c(=O)n(C)c1=O. The van der Waals surface area contributed by atoms with Crippen molar-refractivity contribution in [3.05, 3.63) is 20.8 Å². The molecule has 0 spiro atoms. The van der Waals surface area contributed by atoms with Gasteiger partial charge in [0.15, 0.2) is 0 Å². The summed E-state index contributed by atoms with van der Waals surface area (Å²) in [7, 11) is 2.99. The minimum Gasteiger partial charge on any atom is -0.378 e. The highest BCUT2D eigenvalue weighted by atomic mass is 16.5. The van der Waals surface area contributed by atoms with Gasteiger partial charge in [0.05, 0.1) is 13.2 Å². The van der Waals surface area contributed by atoms with Gasteiger partial charge >= 0.3 is 5.69 Å². The fraction of sp³-hybridized carbons (Fsp3) is 0.667. The van der Waals surface area contributed by atoms with Gasteiger partial charge < -0.3 is 9.64 Å². The molecule has 0 aromatic carbocycles. The van der Waals surface area contributed by atoms with E-state index in [4.69, 9.17) is 4.74 Å². The number of anilines is 1. The fourth-order valence-corrected chi connectivity index (χ4v) is 1.66. The lowest BCUT2D eigenvalue weighted by molar-refractivity contribution is 0.122. The molecule has 88 valence electrons. The summed E-state index contributed by atoms with van der Waals surface area (Å²) >= 11 is 0. The van der Waals surface area contributed by atoms with E-state index in [0.29, 0.717) is 32.1 Å². The second kappa shape index (κ2) is 4.09. The third-order valence-corrected chi connectivity index (χ3v) is 2.62. The van der Waals surface area contributed by atoms with Crippen LogP contribution in [0.2, 0.25) is 0 Å². The van der Waals surface area contributed by atoms with E-state index in [0.717, 1.165) is 4.57 Å². The molecule has 1 fully saturated rings. The van der Waals surface area contributed by atoms with E-state index >= 15 is 0 Å². The number of aromatic nitrogens is 3. The molecule has 1 aromatic rings. The summed E-state index contributed by atoms with van der Waals surface area (Å²) in [5.41, 5.74) is -0.771. The van der Waals surface area contributed by atoms with E-state index in [1.807, 2.05) is 4.90 Å². The highest BCUT2D eigenvalue weighted by Crippen LogP contribution is 2.04. The van der Waals surface area contributed by atoms with Crippen LogP contribution in [0.3, 0.4) is 0 Å². The Labute approximate surface area is 91.9 Å². The molecule has 16 heavy (non-hydrogen) atoms. The number of hydrogen-bond acceptors (Lipinski definition) is 5. The van der Waals surface area contributed by atoms with E-state index in [9.17, 15) is 9.59 Å². The molecule has 1 saturated heterocycles. The molecule has 7 heteroatoms. The van der Waals surface area contributed by atoms with Gasteiger partial charge in [-0.2, -0.15) is 0 Å². The standard InChI is InChI=1S/C9H14N4O3/c1-11-8(14)7(10-12(2)9(11)15)13-3-5-16-6-4-13/h3-6H2,1-2H3. The lowest BCUT2D eigenvalue weighted by Crippen LogP contribution is -2.46. The minimum absolute atomic E-state index is 0.313. The number of rotatable bonds is 1. The summed E-state index contributed by atoms with van der Waals surface area (Å²) in [5, 5.41) is 4.00. The maximum atomic E-state index is 11.8. The van der Waals surface area contributed by atoms with E-state index in [1.165, 1.54) is 18.8 Å². The van der Waals surface area contributed by atoms with E-state index < -0.39 is 5.69 Å². The maximum absolute atomic E-state index is 11.8. The number of hydrogen-bond donors (Lipinski definition) is 0. The molecule has 2 rings (SSSR count). The van der Waals surface area contributed by atoms with Crippen LogP contribution >= 0.6 is 0 Å². The molecular formula is C9H14N4O3. The number of ether oxygens (including phenoxy) is 1. The van der Waals surface area contributed by atoms with Gasteiger partial charge in [0, 0.05) is 27.2 Å². The average Bonchev–Trinajstić information content (AvgIpc) is 2.32. The van der Waals surface area contributed by atoms with Crippen molar-refractivity contribution < 1.29 is 4.74 Å². The van der Waals surface area contributed by atoms with Crippen LogP contribution in [0.1, 0.15) is 0 Å². The monoisotopic (exact) mass is 226 g/mol. The van der Waals surface area contributed by atoms with Gasteiger partial charge in [0.25, 0.3) is 5.56 Å². The summed E-state index contributed by atoms with van der Waals surface area (Å²) < 4.78 is 7.44. The molecule has 1 aliphatic heterocycles. The highest BCUT2D eigenvalue weighted by Gasteiger charge is 2.18. The topological polar surface area (TPSA) is 69.4 Å². The Morgan fingerprint density at radius 2 is 1.81 bits per heavy atom. The van der Waals surface area contributed by atoms with Crippen molar-refractivity contribution in [2.45, 2.75) is 0 Å². The Bertz CT molecular complexity index is 498. The zero-order chi connectivity index (χ0) is 11.7. The zero-order valence-corrected chi connectivity index (χ0v) is 9.34. The van der Waals surface area contributed by atoms with Crippen LogP contribution in [-0.2, 0) is 18.8 Å². The molecule has 2 heterocycles. The third-order valence-electron chi connectivity index (χ3n) is 2.62. The zero-order valence-electron chi connectivity index (χ0n) is 9.34. The Balaban J connectivity index is 2.48. The molecule has 0 radical (unpaired) electrons. The van der Waals surface area contributed by atoms with E-state index in [-0.39, 0.29) is 5.56 Å². The molecule has 0 atom stereocenters. The Morgan fingerprint density at radius 3 is 2.44 bits per heavy atom. The summed E-state index contributed by atoms with van der Waals surface area (Å²) in [6.07, 6.45) is 0. The van der Waals surface area contributed by atoms with E-state index in [1.54, 1.807) is 0 Å². The van der Waals surface area contributed by atoms with Crippen LogP contribution in [0.5, 0.6) is 0 Å². The quantitative estimate of drug-likeness (QED) is 0.572. The van der Waals surface area contributed by atoms with Crippen molar-refractivity contribution >= 4 is 5.82 Å². The molecule has 0 aliphatic carbocycles. The van der Waals surface area contributed by atoms with Crippen molar-refractivity contribution in [2.75, 3.05) is 31.2 Å². The third kappa shape index (κ3) is 1.73. The molecule has 1 aliphatic rings. The first-order chi connectivity index (χ1) is 7.61. The molecule has 1 aromatic heterocycles. The predicted octanol–water partition coefficient (Wildman–Crippen LogP) is -1.68. The van der Waals surface area contributed by atoms with Crippen LogP contribution in [0.15, 0.2) is 9.59 Å². The molecule has 7 nitrogen and oxygen atoms in total. The minimum atomic E-state index is -0.415. The van der Waals surface area contributed by atoms with Crippen molar-refractivity contribution in [2.24, 2.45) is 14.1 Å². The molecule has 0 amide bonds. The Morgan fingerprint density at radius 1 is 1.19 bits per heavy atom. The average molecular weight is 226 g/mol. The van der Waals surface area contributed by atoms with Gasteiger partial charge in [0.2, 0.25) is 5.82 Å². The van der Waals surface area contributed by atoms with Crippen LogP contribution in [0.4, 0.5) is 5.82 Å².